The van der Waals surface area contributed by atoms with E-state index in [1.54, 1.807) is 0 Å². The van der Waals surface area contributed by atoms with E-state index in [4.69, 9.17) is 0 Å². The second-order valence-electron chi connectivity index (χ2n) is 3.31. The van der Waals surface area contributed by atoms with Crippen LogP contribution in [0.5, 0.6) is 0 Å². The molecule has 0 N–H and O–H groups in total. The fourth-order valence-electron chi connectivity index (χ4n) is 1.20. The Morgan fingerprint density at radius 1 is 1.54 bits per heavy atom. The lowest BCUT2D eigenvalue weighted by Gasteiger charge is -2.09. The molecular weight excluding hydrogens is 228 g/mol. The number of rotatable bonds is 3. The molecule has 1 atom stereocenters. The van der Waals surface area contributed by atoms with Gasteiger partial charge in [-0.3, -0.25) is 0 Å². The predicted octanol–water partition coefficient (Wildman–Crippen LogP) is 3.45. The number of carbonyl (C=O) groups excluding carboxylic acids is 1. The molecule has 0 fully saturated rings. The number of benzene rings is 1. The Labute approximate surface area is 87.3 Å². The van der Waals surface area contributed by atoms with Crippen LogP contribution in [0.4, 0.5) is 0 Å². The van der Waals surface area contributed by atoms with Gasteiger partial charge in [-0.25, -0.2) is 0 Å². The maximum Gasteiger partial charge on any atom is 0.120 e. The first-order valence-electron chi connectivity index (χ1n) is 4.35. The first-order valence-corrected chi connectivity index (χ1v) is 5.14. The van der Waals surface area contributed by atoms with Gasteiger partial charge in [-0.1, -0.05) is 35.0 Å². The summed E-state index contributed by atoms with van der Waals surface area (Å²) < 4.78 is 1.11. The van der Waals surface area contributed by atoms with Crippen LogP contribution in [-0.2, 0) is 4.79 Å². The van der Waals surface area contributed by atoms with Gasteiger partial charge in [-0.2, -0.15) is 0 Å². The van der Waals surface area contributed by atoms with Gasteiger partial charge in [-0.15, -0.1) is 0 Å². The molecule has 1 aromatic rings. The zero-order valence-corrected chi connectivity index (χ0v) is 9.47. The lowest BCUT2D eigenvalue weighted by atomic mass is 9.98. The molecule has 1 nitrogen and oxygen atoms in total. The van der Waals surface area contributed by atoms with Crippen LogP contribution in [0.3, 0.4) is 0 Å². The molecule has 0 aliphatic rings. The standard InChI is InChI=1S/C11H13BrO/c1-8(5-6-13)10-4-3-9(2)11(12)7-10/h3-4,6-8H,5H2,1-2H3. The Hall–Kier alpha value is -0.630. The van der Waals surface area contributed by atoms with Gasteiger partial charge in [0, 0.05) is 10.9 Å². The Bertz CT molecular complexity index is 307. The van der Waals surface area contributed by atoms with Crippen LogP contribution in [0.2, 0.25) is 0 Å². The van der Waals surface area contributed by atoms with E-state index in [-0.39, 0.29) is 0 Å². The third-order valence-corrected chi connectivity index (χ3v) is 3.07. The van der Waals surface area contributed by atoms with E-state index in [9.17, 15) is 4.79 Å². The van der Waals surface area contributed by atoms with Crippen LogP contribution in [0.15, 0.2) is 22.7 Å². The van der Waals surface area contributed by atoms with E-state index >= 15 is 0 Å². The summed E-state index contributed by atoms with van der Waals surface area (Å²) in [7, 11) is 0. The number of aryl methyl sites for hydroxylation is 1. The van der Waals surface area contributed by atoms with Crippen LogP contribution >= 0.6 is 15.9 Å². The number of aldehydes is 1. The SMILES string of the molecule is Cc1ccc(C(C)CC=O)cc1Br. The maximum atomic E-state index is 10.3. The molecule has 1 aromatic carbocycles. The number of carbonyl (C=O) groups is 1. The van der Waals surface area contributed by atoms with Crippen LogP contribution in [0.25, 0.3) is 0 Å². The maximum absolute atomic E-state index is 10.3. The summed E-state index contributed by atoms with van der Waals surface area (Å²) in [6, 6.07) is 6.23. The molecule has 1 rings (SSSR count). The van der Waals surface area contributed by atoms with Crippen molar-refractivity contribution in [1.29, 1.82) is 0 Å². The lowest BCUT2D eigenvalue weighted by molar-refractivity contribution is -0.108. The van der Waals surface area contributed by atoms with Crippen molar-refractivity contribution in [1.82, 2.24) is 0 Å². The lowest BCUT2D eigenvalue weighted by Crippen LogP contribution is -1.94. The minimum atomic E-state index is 0.314. The van der Waals surface area contributed by atoms with Crippen LogP contribution in [0.1, 0.15) is 30.4 Å². The second-order valence-corrected chi connectivity index (χ2v) is 4.17. The van der Waals surface area contributed by atoms with Crippen LogP contribution < -0.4 is 0 Å². The highest BCUT2D eigenvalue weighted by atomic mass is 79.9. The molecule has 0 bridgehead atoms. The Balaban J connectivity index is 2.89. The first-order chi connectivity index (χ1) is 6.15. The van der Waals surface area contributed by atoms with E-state index in [2.05, 4.69) is 48.0 Å². The van der Waals surface area contributed by atoms with Gasteiger partial charge in [0.15, 0.2) is 0 Å². The largest absolute Gasteiger partial charge is 0.303 e. The van der Waals surface area contributed by atoms with Crippen molar-refractivity contribution in [2.75, 3.05) is 0 Å². The van der Waals surface area contributed by atoms with Gasteiger partial charge in [0.2, 0.25) is 0 Å². The molecule has 0 aliphatic heterocycles. The number of halogens is 1. The molecule has 13 heavy (non-hydrogen) atoms. The molecule has 0 aromatic heterocycles. The first kappa shape index (κ1) is 10.5. The normalized spacial score (nSPS) is 12.5. The van der Waals surface area contributed by atoms with Crippen molar-refractivity contribution in [3.05, 3.63) is 33.8 Å². The number of hydrogen-bond acceptors (Lipinski definition) is 1. The Morgan fingerprint density at radius 3 is 2.77 bits per heavy atom. The molecule has 0 aliphatic carbocycles. The van der Waals surface area contributed by atoms with Crippen molar-refractivity contribution in [2.45, 2.75) is 26.2 Å². The third kappa shape index (κ3) is 2.66. The summed E-state index contributed by atoms with van der Waals surface area (Å²) in [6.45, 7) is 4.11. The average Bonchev–Trinajstić information content (AvgIpc) is 2.10. The van der Waals surface area contributed by atoms with Crippen LogP contribution in [-0.4, -0.2) is 6.29 Å². The zero-order valence-electron chi connectivity index (χ0n) is 7.88. The molecule has 0 spiro atoms. The minimum absolute atomic E-state index is 0.314. The van der Waals surface area contributed by atoms with E-state index in [1.165, 1.54) is 11.1 Å². The third-order valence-electron chi connectivity index (χ3n) is 2.21. The van der Waals surface area contributed by atoms with E-state index in [0.717, 1.165) is 10.8 Å². The smallest absolute Gasteiger partial charge is 0.120 e. The predicted molar refractivity (Wildman–Crippen MR) is 58.0 cm³/mol. The van der Waals surface area contributed by atoms with Crippen molar-refractivity contribution >= 4 is 22.2 Å². The van der Waals surface area contributed by atoms with Crippen molar-refractivity contribution in [3.63, 3.8) is 0 Å². The summed E-state index contributed by atoms with van der Waals surface area (Å²) >= 11 is 3.48. The Kier molecular flexibility index (Phi) is 3.67. The fourth-order valence-corrected chi connectivity index (χ4v) is 1.59. The van der Waals surface area contributed by atoms with Gasteiger partial charge < -0.3 is 4.79 Å². The van der Waals surface area contributed by atoms with E-state index < -0.39 is 0 Å². The highest BCUT2D eigenvalue weighted by molar-refractivity contribution is 9.10. The van der Waals surface area contributed by atoms with Crippen molar-refractivity contribution < 1.29 is 4.79 Å². The molecule has 0 radical (unpaired) electrons. The zero-order chi connectivity index (χ0) is 9.84. The monoisotopic (exact) mass is 240 g/mol. The molecule has 1 unspecified atom stereocenters. The molecule has 2 heteroatoms. The quantitative estimate of drug-likeness (QED) is 0.740. The topological polar surface area (TPSA) is 17.1 Å². The van der Waals surface area contributed by atoms with Crippen LogP contribution in [0, 0.1) is 6.92 Å². The van der Waals surface area contributed by atoms with E-state index in [1.807, 2.05) is 0 Å². The summed E-state index contributed by atoms with van der Waals surface area (Å²) in [6.07, 6.45) is 1.56. The molecular formula is C11H13BrO. The second kappa shape index (κ2) is 4.56. The van der Waals surface area contributed by atoms with Gasteiger partial charge in [-0.05, 0) is 30.0 Å². The van der Waals surface area contributed by atoms with Gasteiger partial charge in [0.05, 0.1) is 0 Å². The molecule has 0 saturated carbocycles. The highest BCUT2D eigenvalue weighted by Crippen LogP contribution is 2.24. The molecule has 70 valence electrons. The van der Waals surface area contributed by atoms with Gasteiger partial charge >= 0.3 is 0 Å². The summed E-state index contributed by atoms with van der Waals surface area (Å²) in [5, 5.41) is 0. The highest BCUT2D eigenvalue weighted by Gasteiger charge is 2.05. The fraction of sp³-hybridized carbons (Fsp3) is 0.364. The molecule has 0 saturated heterocycles. The molecule has 0 amide bonds. The van der Waals surface area contributed by atoms with Gasteiger partial charge in [0.1, 0.15) is 6.29 Å². The molecule has 0 heterocycles. The van der Waals surface area contributed by atoms with Crippen molar-refractivity contribution in [3.8, 4) is 0 Å². The number of hydrogen-bond donors (Lipinski definition) is 0. The van der Waals surface area contributed by atoms with Gasteiger partial charge in [0.25, 0.3) is 0 Å². The van der Waals surface area contributed by atoms with Crippen molar-refractivity contribution in [2.24, 2.45) is 0 Å². The average molecular weight is 241 g/mol. The summed E-state index contributed by atoms with van der Waals surface area (Å²) in [5.74, 6) is 0.314. The minimum Gasteiger partial charge on any atom is -0.303 e. The summed E-state index contributed by atoms with van der Waals surface area (Å²) in [5.41, 5.74) is 2.44. The van der Waals surface area contributed by atoms with E-state index in [0.29, 0.717) is 12.3 Å². The Morgan fingerprint density at radius 2 is 2.23 bits per heavy atom. The summed E-state index contributed by atoms with van der Waals surface area (Å²) in [4.78, 5) is 10.3.